The van der Waals surface area contributed by atoms with E-state index in [4.69, 9.17) is 10.2 Å². The second kappa shape index (κ2) is 18.0. The largest absolute Gasteiger partial charge is 0.315 e. The molecule has 0 amide bonds. The fraction of sp³-hybridized carbons (Fsp3) is 0.516. The van der Waals surface area contributed by atoms with E-state index in [1.54, 1.807) is 12.1 Å². The number of benzene rings is 2. The molecule has 0 unspecified atom stereocenters. The Balaban J connectivity index is 1.46. The van der Waals surface area contributed by atoms with Crippen molar-refractivity contribution in [2.24, 2.45) is 5.14 Å². The lowest BCUT2D eigenvalue weighted by molar-refractivity contribution is 0.283. The Morgan fingerprint density at radius 2 is 1.49 bits per heavy atom. The van der Waals surface area contributed by atoms with Crippen LogP contribution >= 0.6 is 25.3 Å². The summed E-state index contributed by atoms with van der Waals surface area (Å²) < 4.78 is 25.3. The Morgan fingerprint density at radius 3 is 2.12 bits per heavy atom. The van der Waals surface area contributed by atoms with Gasteiger partial charge in [0.25, 0.3) is 0 Å². The molecule has 1 aromatic heterocycles. The van der Waals surface area contributed by atoms with Gasteiger partial charge in [-0.3, -0.25) is 0 Å². The van der Waals surface area contributed by atoms with Gasteiger partial charge in [0.2, 0.25) is 10.0 Å². The van der Waals surface area contributed by atoms with Gasteiger partial charge in [0.1, 0.15) is 0 Å². The molecular formula is C31H47N5O2S3. The van der Waals surface area contributed by atoms with Crippen LogP contribution in [0.4, 0.5) is 0 Å². The number of nitrogens with two attached hydrogens (primary N) is 1. The highest BCUT2D eigenvalue weighted by molar-refractivity contribution is 7.89. The third kappa shape index (κ3) is 11.8. The molecule has 2 aromatic carbocycles. The van der Waals surface area contributed by atoms with Crippen LogP contribution in [0, 0.1) is 6.92 Å². The van der Waals surface area contributed by atoms with E-state index < -0.39 is 10.0 Å². The fourth-order valence-corrected chi connectivity index (χ4v) is 5.86. The second-order valence-electron chi connectivity index (χ2n) is 10.6. The highest BCUT2D eigenvalue weighted by atomic mass is 32.2. The molecule has 0 aliphatic carbocycles. The van der Waals surface area contributed by atoms with Gasteiger partial charge in [-0.2, -0.15) is 30.4 Å². The van der Waals surface area contributed by atoms with Gasteiger partial charge >= 0.3 is 0 Å². The molecule has 0 saturated carbocycles. The summed E-state index contributed by atoms with van der Waals surface area (Å²) in [6.45, 7) is 7.33. The van der Waals surface area contributed by atoms with Crippen LogP contribution in [0.1, 0.15) is 56.2 Å². The summed E-state index contributed by atoms with van der Waals surface area (Å²) in [4.78, 5) is 2.61. The Kier molecular flexibility index (Phi) is 14.8. The van der Waals surface area contributed by atoms with Crippen molar-refractivity contribution < 1.29 is 8.42 Å². The van der Waals surface area contributed by atoms with Crippen molar-refractivity contribution in [3.05, 3.63) is 65.9 Å². The van der Waals surface area contributed by atoms with Gasteiger partial charge in [-0.1, -0.05) is 61.9 Å². The lowest BCUT2D eigenvalue weighted by Gasteiger charge is -2.21. The molecule has 0 fully saturated rings. The Labute approximate surface area is 258 Å². The Hall–Kier alpha value is -1.82. The van der Waals surface area contributed by atoms with Gasteiger partial charge in [-0.05, 0) is 63.1 Å². The number of nitrogens with zero attached hydrogens (tertiary/aromatic N) is 3. The quantitative estimate of drug-likeness (QED) is 0.0990. The maximum Gasteiger partial charge on any atom is 0.238 e. The van der Waals surface area contributed by atoms with Crippen LogP contribution in [0.2, 0.25) is 0 Å². The zero-order valence-corrected chi connectivity index (χ0v) is 26.9. The van der Waals surface area contributed by atoms with E-state index in [0.717, 1.165) is 79.7 Å². The van der Waals surface area contributed by atoms with Gasteiger partial charge in [0, 0.05) is 43.2 Å². The minimum absolute atomic E-state index is 0.0951. The van der Waals surface area contributed by atoms with Gasteiger partial charge in [0.15, 0.2) is 0 Å². The number of primary sulfonamides is 1. The molecule has 41 heavy (non-hydrogen) atoms. The number of sulfonamides is 1. The first-order valence-electron chi connectivity index (χ1n) is 14.8. The van der Waals surface area contributed by atoms with Crippen molar-refractivity contribution in [2.45, 2.75) is 63.2 Å². The van der Waals surface area contributed by atoms with E-state index in [1.165, 1.54) is 56.2 Å². The zero-order chi connectivity index (χ0) is 29.5. The SMILES string of the molecule is Cc1ccc(-c2cc(CCCCCCCCCN(CCS)CCNCCS)nn2-c2ccc(S(N)(=O)=O)cc2)cc1. The summed E-state index contributed by atoms with van der Waals surface area (Å²) in [6.07, 6.45) is 9.54. The standard InChI is InChI=1S/C31H47N5O2S3/c1-26-10-12-27(13-11-26)31-25-28(34-36(31)29-14-16-30(17-15-29)41(32,37)38)9-7-5-3-2-4-6-8-20-35(22-24-40)21-18-33-19-23-39/h10-17,25,33,39-40H,2-9,18-24H2,1H3,(H2,32,37,38). The van der Waals surface area contributed by atoms with Gasteiger partial charge in [-0.25, -0.2) is 18.2 Å². The predicted octanol–water partition coefficient (Wildman–Crippen LogP) is 5.52. The first-order chi connectivity index (χ1) is 19.8. The van der Waals surface area contributed by atoms with Crippen LogP contribution in [0.3, 0.4) is 0 Å². The zero-order valence-electron chi connectivity index (χ0n) is 24.3. The molecular weight excluding hydrogens is 571 g/mol. The van der Waals surface area contributed by atoms with Crippen molar-refractivity contribution in [1.29, 1.82) is 0 Å². The molecule has 3 N–H and O–H groups in total. The molecule has 0 radical (unpaired) electrons. The van der Waals surface area contributed by atoms with E-state index in [-0.39, 0.29) is 4.90 Å². The number of unbranched alkanes of at least 4 members (excludes halogenated alkanes) is 6. The number of aryl methyl sites for hydroxylation is 2. The van der Waals surface area contributed by atoms with E-state index in [0.29, 0.717) is 0 Å². The molecule has 10 heteroatoms. The minimum atomic E-state index is -3.74. The molecule has 1 heterocycles. The Morgan fingerprint density at radius 1 is 0.829 bits per heavy atom. The van der Waals surface area contributed by atoms with Gasteiger partial charge in [0.05, 0.1) is 22.0 Å². The summed E-state index contributed by atoms with van der Waals surface area (Å²) >= 11 is 8.67. The molecule has 3 rings (SSSR count). The normalized spacial score (nSPS) is 11.9. The summed E-state index contributed by atoms with van der Waals surface area (Å²) in [5, 5.41) is 13.6. The number of nitrogens with one attached hydrogen (secondary N) is 1. The molecule has 0 spiro atoms. The molecule has 7 nitrogen and oxygen atoms in total. The first kappa shape index (κ1) is 33.7. The van der Waals surface area contributed by atoms with E-state index in [2.05, 4.69) is 72.7 Å². The third-order valence-electron chi connectivity index (χ3n) is 7.23. The summed E-state index contributed by atoms with van der Waals surface area (Å²) in [7, 11) is -3.74. The molecule has 0 saturated heterocycles. The maximum atomic E-state index is 11.7. The molecule has 0 aliphatic heterocycles. The lowest BCUT2D eigenvalue weighted by Crippen LogP contribution is -2.34. The van der Waals surface area contributed by atoms with Crippen LogP contribution in [-0.4, -0.2) is 67.3 Å². The summed E-state index contributed by atoms with van der Waals surface area (Å²) in [6, 6.07) is 17.1. The van der Waals surface area contributed by atoms with Gasteiger partial charge in [-0.15, -0.1) is 0 Å². The number of rotatable bonds is 20. The molecule has 0 atom stereocenters. The summed E-state index contributed by atoms with van der Waals surface area (Å²) in [5.74, 6) is 1.78. The van der Waals surface area contributed by atoms with E-state index >= 15 is 0 Å². The van der Waals surface area contributed by atoms with Crippen LogP contribution < -0.4 is 10.5 Å². The van der Waals surface area contributed by atoms with Crippen LogP contribution in [0.5, 0.6) is 0 Å². The lowest BCUT2D eigenvalue weighted by atomic mass is 10.1. The van der Waals surface area contributed by atoms with Crippen molar-refractivity contribution in [1.82, 2.24) is 20.0 Å². The highest BCUT2D eigenvalue weighted by Crippen LogP contribution is 2.26. The van der Waals surface area contributed by atoms with Crippen molar-refractivity contribution >= 4 is 35.3 Å². The second-order valence-corrected chi connectivity index (χ2v) is 13.1. The number of hydrogen-bond donors (Lipinski definition) is 4. The topological polar surface area (TPSA) is 93.2 Å². The van der Waals surface area contributed by atoms with Crippen LogP contribution in [0.15, 0.2) is 59.5 Å². The summed E-state index contributed by atoms with van der Waals surface area (Å²) in [5.41, 5.74) is 5.12. The smallest absolute Gasteiger partial charge is 0.238 e. The average molecular weight is 618 g/mol. The first-order valence-corrected chi connectivity index (χ1v) is 17.6. The van der Waals surface area contributed by atoms with Crippen molar-refractivity contribution in [3.8, 4) is 16.9 Å². The third-order valence-corrected chi connectivity index (χ3v) is 8.59. The number of thiol groups is 2. The monoisotopic (exact) mass is 617 g/mol. The predicted molar refractivity (Wildman–Crippen MR) is 178 cm³/mol. The van der Waals surface area contributed by atoms with Crippen LogP contribution in [0.25, 0.3) is 16.9 Å². The van der Waals surface area contributed by atoms with Crippen LogP contribution in [-0.2, 0) is 16.4 Å². The average Bonchev–Trinajstić information content (AvgIpc) is 3.38. The number of aromatic nitrogens is 2. The number of hydrogen-bond acceptors (Lipinski definition) is 7. The highest BCUT2D eigenvalue weighted by Gasteiger charge is 2.14. The molecule has 226 valence electrons. The van der Waals surface area contributed by atoms with E-state index in [1.807, 2.05) is 4.68 Å². The maximum absolute atomic E-state index is 11.7. The Bertz CT molecular complexity index is 1260. The van der Waals surface area contributed by atoms with Crippen molar-refractivity contribution in [2.75, 3.05) is 44.2 Å². The minimum Gasteiger partial charge on any atom is -0.315 e. The molecule has 0 aliphatic rings. The fourth-order valence-electron chi connectivity index (χ4n) is 4.90. The molecule has 0 bridgehead atoms. The van der Waals surface area contributed by atoms with E-state index in [9.17, 15) is 8.42 Å². The van der Waals surface area contributed by atoms with Crippen molar-refractivity contribution in [3.63, 3.8) is 0 Å². The molecule has 3 aromatic rings. The van der Waals surface area contributed by atoms with Gasteiger partial charge < -0.3 is 10.2 Å².